The first kappa shape index (κ1) is 37.3. The van der Waals surface area contributed by atoms with Crippen molar-refractivity contribution in [2.24, 2.45) is 0 Å². The van der Waals surface area contributed by atoms with Crippen LogP contribution in [-0.2, 0) is 5.41 Å². The van der Waals surface area contributed by atoms with Crippen LogP contribution in [0.1, 0.15) is 25.0 Å². The van der Waals surface area contributed by atoms with Gasteiger partial charge in [0.25, 0.3) is 0 Å². The van der Waals surface area contributed by atoms with Gasteiger partial charge in [0.1, 0.15) is 0 Å². The van der Waals surface area contributed by atoms with Crippen molar-refractivity contribution in [3.63, 3.8) is 0 Å². The summed E-state index contributed by atoms with van der Waals surface area (Å²) in [6.07, 6.45) is 0. The molecular formula is C61H45N. The third kappa shape index (κ3) is 6.69. The number of para-hydroxylation sites is 1. The molecule has 0 fully saturated rings. The van der Waals surface area contributed by atoms with E-state index >= 15 is 0 Å². The molecule has 0 unspecified atom stereocenters. The van der Waals surface area contributed by atoms with Crippen LogP contribution in [0.3, 0.4) is 0 Å². The summed E-state index contributed by atoms with van der Waals surface area (Å²) < 4.78 is 0. The molecule has 0 radical (unpaired) electrons. The van der Waals surface area contributed by atoms with Gasteiger partial charge in [0.05, 0.1) is 5.69 Å². The fourth-order valence-corrected chi connectivity index (χ4v) is 9.51. The Morgan fingerprint density at radius 1 is 0.274 bits per heavy atom. The average Bonchev–Trinajstić information content (AvgIpc) is 3.57. The van der Waals surface area contributed by atoms with Gasteiger partial charge in [0, 0.05) is 22.4 Å². The summed E-state index contributed by atoms with van der Waals surface area (Å²) in [5.74, 6) is 0. The van der Waals surface area contributed by atoms with Crippen molar-refractivity contribution in [1.82, 2.24) is 0 Å². The van der Waals surface area contributed by atoms with Crippen molar-refractivity contribution in [3.05, 3.63) is 248 Å². The molecule has 0 spiro atoms. The molecule has 0 aromatic heterocycles. The standard InChI is InChI=1S/C61H45N/c1-61(2)58-40-52(47-23-21-45(22-24-47)42-13-5-3-6-14-42)33-37-56(58)57-38-36-54(41-59(57)61)62(53-34-31-48(32-35-53)51-30-27-44-17-9-10-18-50(44)39-51)60-20-12-11-19-55(60)49-28-25-46(26-29-49)43-15-7-4-8-16-43/h3-41H,1-2H3. The molecule has 0 atom stereocenters. The van der Waals surface area contributed by atoms with Gasteiger partial charge in [-0.2, -0.15) is 0 Å². The maximum Gasteiger partial charge on any atom is 0.0540 e. The van der Waals surface area contributed by atoms with Gasteiger partial charge in [-0.1, -0.05) is 208 Å². The fraction of sp³-hybridized carbons (Fsp3) is 0.0492. The van der Waals surface area contributed by atoms with Crippen LogP contribution in [0.4, 0.5) is 17.1 Å². The molecule has 1 aliphatic carbocycles. The Hall–Kier alpha value is -7.74. The number of anilines is 3. The molecule has 10 aromatic carbocycles. The molecule has 0 saturated heterocycles. The monoisotopic (exact) mass is 791 g/mol. The third-order valence-electron chi connectivity index (χ3n) is 12.9. The quantitative estimate of drug-likeness (QED) is 0.148. The van der Waals surface area contributed by atoms with Crippen LogP contribution in [0.25, 0.3) is 77.5 Å². The predicted molar refractivity (Wildman–Crippen MR) is 263 cm³/mol. The fourth-order valence-electron chi connectivity index (χ4n) is 9.51. The Morgan fingerprint density at radius 3 is 1.34 bits per heavy atom. The maximum atomic E-state index is 2.45. The largest absolute Gasteiger partial charge is 0.310 e. The molecule has 0 bridgehead atoms. The summed E-state index contributed by atoms with van der Waals surface area (Å²) in [5, 5.41) is 2.50. The van der Waals surface area contributed by atoms with Crippen LogP contribution in [0.15, 0.2) is 237 Å². The van der Waals surface area contributed by atoms with E-state index in [4.69, 9.17) is 0 Å². The molecule has 62 heavy (non-hydrogen) atoms. The van der Waals surface area contributed by atoms with Gasteiger partial charge in [-0.3, -0.25) is 0 Å². The van der Waals surface area contributed by atoms with Gasteiger partial charge in [-0.15, -0.1) is 0 Å². The number of fused-ring (bicyclic) bond motifs is 4. The first-order valence-corrected chi connectivity index (χ1v) is 21.6. The van der Waals surface area contributed by atoms with E-state index in [0.717, 1.165) is 17.1 Å². The lowest BCUT2D eigenvalue weighted by atomic mass is 9.81. The van der Waals surface area contributed by atoms with E-state index in [1.54, 1.807) is 0 Å². The lowest BCUT2D eigenvalue weighted by molar-refractivity contribution is 0.660. The third-order valence-corrected chi connectivity index (χ3v) is 12.9. The number of rotatable bonds is 8. The minimum atomic E-state index is -0.209. The number of nitrogens with zero attached hydrogens (tertiary/aromatic N) is 1. The van der Waals surface area contributed by atoms with E-state index in [1.165, 1.54) is 88.7 Å². The van der Waals surface area contributed by atoms with Crippen LogP contribution in [0, 0.1) is 0 Å². The highest BCUT2D eigenvalue weighted by Gasteiger charge is 2.36. The normalized spacial score (nSPS) is 12.5. The Labute approximate surface area is 364 Å². The SMILES string of the molecule is CC1(C)c2cc(-c3ccc(-c4ccccc4)cc3)ccc2-c2ccc(N(c3ccc(-c4ccc5ccccc5c4)cc3)c3ccccc3-c3ccc(-c4ccccc4)cc3)cc21. The zero-order chi connectivity index (χ0) is 41.6. The van der Waals surface area contributed by atoms with E-state index < -0.39 is 0 Å². The lowest BCUT2D eigenvalue weighted by Crippen LogP contribution is -2.17. The van der Waals surface area contributed by atoms with Gasteiger partial charge in [-0.25, -0.2) is 0 Å². The molecule has 0 N–H and O–H groups in total. The summed E-state index contributed by atoms with van der Waals surface area (Å²) in [6.45, 7) is 4.77. The summed E-state index contributed by atoms with van der Waals surface area (Å²) >= 11 is 0. The summed E-state index contributed by atoms with van der Waals surface area (Å²) in [5.41, 5.74) is 20.6. The Kier molecular flexibility index (Phi) is 9.24. The minimum absolute atomic E-state index is 0.209. The molecule has 0 saturated carbocycles. The second-order valence-electron chi connectivity index (χ2n) is 17.0. The van der Waals surface area contributed by atoms with Crippen molar-refractivity contribution in [2.75, 3.05) is 4.90 Å². The molecule has 1 nitrogen and oxygen atoms in total. The van der Waals surface area contributed by atoms with Crippen molar-refractivity contribution < 1.29 is 0 Å². The second kappa shape index (κ2) is 15.4. The Morgan fingerprint density at radius 2 is 0.694 bits per heavy atom. The van der Waals surface area contributed by atoms with E-state index in [-0.39, 0.29) is 5.41 Å². The average molecular weight is 792 g/mol. The van der Waals surface area contributed by atoms with Crippen molar-refractivity contribution >= 4 is 27.8 Å². The van der Waals surface area contributed by atoms with Crippen LogP contribution in [0.2, 0.25) is 0 Å². The van der Waals surface area contributed by atoms with Crippen molar-refractivity contribution in [2.45, 2.75) is 19.3 Å². The van der Waals surface area contributed by atoms with Crippen molar-refractivity contribution in [3.8, 4) is 66.8 Å². The molecule has 0 aliphatic heterocycles. The highest BCUT2D eigenvalue weighted by molar-refractivity contribution is 5.93. The summed E-state index contributed by atoms with van der Waals surface area (Å²) in [4.78, 5) is 2.45. The number of benzene rings is 10. The molecule has 0 heterocycles. The minimum Gasteiger partial charge on any atom is -0.310 e. The topological polar surface area (TPSA) is 3.24 Å². The molecule has 11 rings (SSSR count). The van der Waals surface area contributed by atoms with Gasteiger partial charge >= 0.3 is 0 Å². The molecule has 294 valence electrons. The zero-order valence-electron chi connectivity index (χ0n) is 35.0. The maximum absolute atomic E-state index is 2.45. The lowest BCUT2D eigenvalue weighted by Gasteiger charge is -2.30. The van der Waals surface area contributed by atoms with Gasteiger partial charge < -0.3 is 4.90 Å². The Balaban J connectivity index is 0.993. The summed E-state index contributed by atoms with van der Waals surface area (Å²) in [6, 6.07) is 86.6. The first-order valence-electron chi connectivity index (χ1n) is 21.6. The molecule has 1 heteroatoms. The smallest absolute Gasteiger partial charge is 0.0540 e. The summed E-state index contributed by atoms with van der Waals surface area (Å²) in [7, 11) is 0. The van der Waals surface area contributed by atoms with Gasteiger partial charge in [0.15, 0.2) is 0 Å². The van der Waals surface area contributed by atoms with E-state index in [2.05, 4.69) is 255 Å². The molecule has 1 aliphatic rings. The first-order chi connectivity index (χ1) is 30.5. The van der Waals surface area contributed by atoms with Crippen molar-refractivity contribution in [1.29, 1.82) is 0 Å². The number of hydrogen-bond donors (Lipinski definition) is 0. The molecule has 10 aromatic rings. The predicted octanol–water partition coefficient (Wildman–Crippen LogP) is 17.0. The Bertz CT molecular complexity index is 3220. The molecule has 0 amide bonds. The second-order valence-corrected chi connectivity index (χ2v) is 17.0. The van der Waals surface area contributed by atoms with E-state index in [9.17, 15) is 0 Å². The molecular weight excluding hydrogens is 747 g/mol. The van der Waals surface area contributed by atoms with Crippen LogP contribution >= 0.6 is 0 Å². The van der Waals surface area contributed by atoms with E-state index in [0.29, 0.717) is 0 Å². The van der Waals surface area contributed by atoms with Crippen LogP contribution < -0.4 is 4.90 Å². The highest BCUT2D eigenvalue weighted by atomic mass is 15.1. The zero-order valence-corrected chi connectivity index (χ0v) is 35.0. The van der Waals surface area contributed by atoms with Gasteiger partial charge in [-0.05, 0) is 126 Å². The highest BCUT2D eigenvalue weighted by Crippen LogP contribution is 2.52. The van der Waals surface area contributed by atoms with Gasteiger partial charge in [0.2, 0.25) is 0 Å². The number of hydrogen-bond acceptors (Lipinski definition) is 1. The van der Waals surface area contributed by atoms with Crippen LogP contribution in [0.5, 0.6) is 0 Å². The van der Waals surface area contributed by atoms with Crippen LogP contribution in [-0.4, -0.2) is 0 Å². The van der Waals surface area contributed by atoms with E-state index in [1.807, 2.05) is 0 Å².